The van der Waals surface area contributed by atoms with E-state index in [-0.39, 0.29) is 11.3 Å². The maximum Gasteiger partial charge on any atom is 0.339 e. The van der Waals surface area contributed by atoms with E-state index in [0.29, 0.717) is 30.2 Å². The molecule has 1 heterocycles. The van der Waals surface area contributed by atoms with Crippen molar-refractivity contribution in [2.75, 3.05) is 6.54 Å². The summed E-state index contributed by atoms with van der Waals surface area (Å²) in [6.07, 6.45) is 1.04. The quantitative estimate of drug-likeness (QED) is 0.856. The largest absolute Gasteiger partial charge is 0.478 e. The predicted octanol–water partition coefficient (Wildman–Crippen LogP) is 3.17. The molecule has 6 heteroatoms. The standard InChI is InChI=1S/C16H16ClNO4/c1-2-13-12(16(20)21)9-14(22-13)15(19)18-7-6-10-4-3-5-11(17)8-10/h3-5,8-9H,2,6-7H2,1H3,(H,18,19)(H,20,21). The molecule has 2 N–H and O–H groups in total. The molecule has 0 aliphatic carbocycles. The predicted molar refractivity (Wildman–Crippen MR) is 82.5 cm³/mol. The van der Waals surface area contributed by atoms with Gasteiger partial charge in [0, 0.05) is 24.1 Å². The number of aromatic carboxylic acids is 1. The lowest BCUT2D eigenvalue weighted by Crippen LogP contribution is -2.25. The topological polar surface area (TPSA) is 79.5 Å². The van der Waals surface area contributed by atoms with Crippen LogP contribution < -0.4 is 5.32 Å². The number of hydrogen-bond donors (Lipinski definition) is 2. The fourth-order valence-corrected chi connectivity index (χ4v) is 2.30. The molecule has 0 spiro atoms. The van der Waals surface area contributed by atoms with Crippen LogP contribution in [-0.4, -0.2) is 23.5 Å². The molecule has 0 aliphatic rings. The van der Waals surface area contributed by atoms with Crippen LogP contribution in [0.2, 0.25) is 5.02 Å². The van der Waals surface area contributed by atoms with Crippen molar-refractivity contribution in [1.29, 1.82) is 0 Å². The number of carboxylic acids is 1. The molecule has 0 bridgehead atoms. The highest BCUT2D eigenvalue weighted by atomic mass is 35.5. The average Bonchev–Trinajstić information content (AvgIpc) is 2.92. The van der Waals surface area contributed by atoms with Crippen molar-refractivity contribution >= 4 is 23.5 Å². The van der Waals surface area contributed by atoms with Crippen LogP contribution in [0.25, 0.3) is 0 Å². The van der Waals surface area contributed by atoms with Crippen molar-refractivity contribution in [1.82, 2.24) is 5.32 Å². The van der Waals surface area contributed by atoms with E-state index in [1.807, 2.05) is 18.2 Å². The van der Waals surface area contributed by atoms with Gasteiger partial charge in [0.05, 0.1) is 0 Å². The molecule has 2 aromatic rings. The van der Waals surface area contributed by atoms with E-state index in [1.165, 1.54) is 6.07 Å². The van der Waals surface area contributed by atoms with Crippen molar-refractivity contribution in [3.8, 4) is 0 Å². The van der Waals surface area contributed by atoms with Gasteiger partial charge in [-0.15, -0.1) is 0 Å². The van der Waals surface area contributed by atoms with Gasteiger partial charge in [0.1, 0.15) is 11.3 Å². The van der Waals surface area contributed by atoms with Crippen LogP contribution in [0.15, 0.2) is 34.7 Å². The van der Waals surface area contributed by atoms with E-state index >= 15 is 0 Å². The van der Waals surface area contributed by atoms with Crippen LogP contribution in [0.1, 0.15) is 39.2 Å². The first kappa shape index (κ1) is 16.1. The molecule has 0 fully saturated rings. The third kappa shape index (κ3) is 3.89. The summed E-state index contributed by atoms with van der Waals surface area (Å²) in [7, 11) is 0. The summed E-state index contributed by atoms with van der Waals surface area (Å²) < 4.78 is 5.29. The highest BCUT2D eigenvalue weighted by Gasteiger charge is 2.19. The highest BCUT2D eigenvalue weighted by Crippen LogP contribution is 2.16. The number of nitrogens with one attached hydrogen (secondary N) is 1. The second-order valence-electron chi connectivity index (χ2n) is 4.74. The molecule has 116 valence electrons. The molecule has 0 unspecified atom stereocenters. The van der Waals surface area contributed by atoms with Crippen molar-refractivity contribution in [2.45, 2.75) is 19.8 Å². The average molecular weight is 322 g/mol. The number of aryl methyl sites for hydroxylation is 1. The fraction of sp³-hybridized carbons (Fsp3) is 0.250. The maximum atomic E-state index is 12.0. The highest BCUT2D eigenvalue weighted by molar-refractivity contribution is 6.30. The first-order valence-electron chi connectivity index (χ1n) is 6.90. The molecule has 0 saturated carbocycles. The molecule has 0 saturated heterocycles. The monoisotopic (exact) mass is 321 g/mol. The smallest absolute Gasteiger partial charge is 0.339 e. The molecule has 0 aliphatic heterocycles. The Balaban J connectivity index is 1.96. The van der Waals surface area contributed by atoms with E-state index in [9.17, 15) is 9.59 Å². The van der Waals surface area contributed by atoms with E-state index in [4.69, 9.17) is 21.1 Å². The molecular formula is C16H16ClNO4. The first-order chi connectivity index (χ1) is 10.5. The molecule has 2 rings (SSSR count). The lowest BCUT2D eigenvalue weighted by atomic mass is 10.1. The zero-order valence-electron chi connectivity index (χ0n) is 12.1. The molecule has 1 aromatic carbocycles. The lowest BCUT2D eigenvalue weighted by molar-refractivity contribution is 0.0694. The number of halogens is 1. The summed E-state index contributed by atoms with van der Waals surface area (Å²) >= 11 is 5.89. The number of carbonyl (C=O) groups excluding carboxylic acids is 1. The Kier molecular flexibility index (Phi) is 5.22. The number of benzene rings is 1. The van der Waals surface area contributed by atoms with Crippen LogP contribution in [-0.2, 0) is 12.8 Å². The SMILES string of the molecule is CCc1oc(C(=O)NCCc2cccc(Cl)c2)cc1C(=O)O. The molecule has 5 nitrogen and oxygen atoms in total. The Bertz CT molecular complexity index is 693. The van der Waals surface area contributed by atoms with Gasteiger partial charge in [0.2, 0.25) is 0 Å². The Morgan fingerprint density at radius 1 is 1.32 bits per heavy atom. The molecule has 1 amide bonds. The van der Waals surface area contributed by atoms with Gasteiger partial charge in [-0.25, -0.2) is 4.79 Å². The Morgan fingerprint density at radius 2 is 2.09 bits per heavy atom. The molecule has 0 radical (unpaired) electrons. The van der Waals surface area contributed by atoms with Gasteiger partial charge in [0.15, 0.2) is 5.76 Å². The van der Waals surface area contributed by atoms with Gasteiger partial charge in [-0.3, -0.25) is 4.79 Å². The Labute approximate surface area is 132 Å². The van der Waals surface area contributed by atoms with Gasteiger partial charge < -0.3 is 14.8 Å². The van der Waals surface area contributed by atoms with Crippen molar-refractivity contribution in [2.24, 2.45) is 0 Å². The van der Waals surface area contributed by atoms with Crippen LogP contribution in [0.5, 0.6) is 0 Å². The van der Waals surface area contributed by atoms with Gasteiger partial charge in [-0.05, 0) is 24.1 Å². The molecule has 0 atom stereocenters. The third-order valence-electron chi connectivity index (χ3n) is 3.17. The maximum absolute atomic E-state index is 12.0. The Hall–Kier alpha value is -2.27. The van der Waals surface area contributed by atoms with E-state index in [2.05, 4.69) is 5.32 Å². The van der Waals surface area contributed by atoms with Crippen LogP contribution in [0.3, 0.4) is 0 Å². The fourth-order valence-electron chi connectivity index (χ4n) is 2.08. The summed E-state index contributed by atoms with van der Waals surface area (Å²) in [4.78, 5) is 23.0. The normalized spacial score (nSPS) is 10.5. The van der Waals surface area contributed by atoms with Crippen molar-refractivity contribution in [3.05, 3.63) is 58.0 Å². The van der Waals surface area contributed by atoms with Gasteiger partial charge >= 0.3 is 5.97 Å². The zero-order valence-corrected chi connectivity index (χ0v) is 12.8. The third-order valence-corrected chi connectivity index (χ3v) is 3.41. The van der Waals surface area contributed by atoms with Crippen molar-refractivity contribution < 1.29 is 19.1 Å². The minimum absolute atomic E-state index is 0.0142. The lowest BCUT2D eigenvalue weighted by Gasteiger charge is -2.04. The van der Waals surface area contributed by atoms with Gasteiger partial charge in [-0.2, -0.15) is 0 Å². The van der Waals surface area contributed by atoms with E-state index in [0.717, 1.165) is 5.56 Å². The molecule has 1 aromatic heterocycles. The zero-order chi connectivity index (χ0) is 16.1. The minimum atomic E-state index is -1.10. The number of furan rings is 1. The van der Waals surface area contributed by atoms with Crippen molar-refractivity contribution in [3.63, 3.8) is 0 Å². The summed E-state index contributed by atoms with van der Waals surface area (Å²) in [6.45, 7) is 2.18. The number of rotatable bonds is 6. The summed E-state index contributed by atoms with van der Waals surface area (Å²) in [6, 6.07) is 8.64. The Morgan fingerprint density at radius 3 is 2.68 bits per heavy atom. The second kappa shape index (κ2) is 7.13. The van der Waals surface area contributed by atoms with E-state index < -0.39 is 11.9 Å². The number of hydrogen-bond acceptors (Lipinski definition) is 3. The summed E-state index contributed by atoms with van der Waals surface area (Å²) in [5, 5.41) is 12.4. The second-order valence-corrected chi connectivity index (χ2v) is 5.18. The number of carbonyl (C=O) groups is 2. The van der Waals surface area contributed by atoms with Crippen LogP contribution in [0, 0.1) is 0 Å². The minimum Gasteiger partial charge on any atom is -0.478 e. The summed E-state index contributed by atoms with van der Waals surface area (Å²) in [5.74, 6) is -1.21. The van der Waals surface area contributed by atoms with E-state index in [1.54, 1.807) is 13.0 Å². The first-order valence-corrected chi connectivity index (χ1v) is 7.27. The van der Waals surface area contributed by atoms with Gasteiger partial charge in [0.25, 0.3) is 5.91 Å². The summed E-state index contributed by atoms with van der Waals surface area (Å²) in [5.41, 5.74) is 1.04. The molecule has 22 heavy (non-hydrogen) atoms. The molecular weight excluding hydrogens is 306 g/mol. The van der Waals surface area contributed by atoms with Gasteiger partial charge in [-0.1, -0.05) is 30.7 Å². The van der Waals surface area contributed by atoms with Crippen LogP contribution in [0.4, 0.5) is 0 Å². The number of amides is 1. The number of carboxylic acid groups (broad SMARTS) is 1. The van der Waals surface area contributed by atoms with Crippen LogP contribution >= 0.6 is 11.6 Å².